The molecule has 0 bridgehead atoms. The van der Waals surface area contributed by atoms with E-state index in [2.05, 4.69) is 31.7 Å². The van der Waals surface area contributed by atoms with Gasteiger partial charge in [-0.15, -0.1) is 0 Å². The summed E-state index contributed by atoms with van der Waals surface area (Å²) >= 11 is 2.89. The van der Waals surface area contributed by atoms with Crippen LogP contribution in [0.1, 0.15) is 11.8 Å². The molecule has 1 saturated heterocycles. The van der Waals surface area contributed by atoms with Crippen LogP contribution < -0.4 is 11.4 Å². The van der Waals surface area contributed by atoms with Gasteiger partial charge in [-0.1, -0.05) is 0 Å². The normalized spacial score (nSPS) is 24.5. The Morgan fingerprint density at radius 3 is 2.73 bits per heavy atom. The van der Waals surface area contributed by atoms with Crippen LogP contribution in [0.15, 0.2) is 34.8 Å². The summed E-state index contributed by atoms with van der Waals surface area (Å²) in [5, 5.41) is 9.16. The fraction of sp³-hybridized carbons (Fsp3) is 0.231. The van der Waals surface area contributed by atoms with E-state index in [1.165, 1.54) is 6.20 Å². The molecule has 1 fully saturated rings. The lowest BCUT2D eigenvalue weighted by Crippen LogP contribution is -2.29. The van der Waals surface area contributed by atoms with Gasteiger partial charge in [0.2, 0.25) is 0 Å². The molecule has 1 aromatic rings. The summed E-state index contributed by atoms with van der Waals surface area (Å²) in [5.41, 5.74) is 4.53. The average Bonchev–Trinajstić information content (AvgIpc) is 2.87. The van der Waals surface area contributed by atoms with E-state index in [0.717, 1.165) is 4.57 Å². The number of aromatic nitrogens is 2. The molecule has 9 heteroatoms. The fourth-order valence-electron chi connectivity index (χ4n) is 2.03. The minimum Gasteiger partial charge on any atom is -0.393 e. The van der Waals surface area contributed by atoms with E-state index in [1.54, 1.807) is 0 Å². The van der Waals surface area contributed by atoms with Crippen molar-refractivity contribution in [2.45, 2.75) is 12.3 Å². The second-order valence-electron chi connectivity index (χ2n) is 4.24. The number of halogens is 3. The monoisotopic (exact) mass is 373 g/mol. The van der Waals surface area contributed by atoms with Gasteiger partial charge >= 0.3 is 5.69 Å². The fourth-order valence-corrected chi connectivity index (χ4v) is 2.25. The van der Waals surface area contributed by atoms with Crippen LogP contribution in [0.2, 0.25) is 0 Å². The molecule has 0 aliphatic carbocycles. The molecular weight excluding hydrogens is 364 g/mol. The number of rotatable bonds is 2. The standard InChI is InChI=1S/C13H10BrF2N3O3/c14-2-1-7-5-19(13(21)18-11(7)17)12-9(4-16)8(3-15)10(6-20)22-12/h3-5,10,12,20H,6H2,(H2,17,18,21)/b8-3+,9-4+. The lowest BCUT2D eigenvalue weighted by molar-refractivity contribution is -0.00861. The summed E-state index contributed by atoms with van der Waals surface area (Å²) in [5.74, 6) is 2.46. The second-order valence-corrected chi connectivity index (χ2v) is 4.63. The van der Waals surface area contributed by atoms with E-state index < -0.39 is 24.6 Å². The maximum atomic E-state index is 13.1. The van der Waals surface area contributed by atoms with Gasteiger partial charge in [-0.25, -0.2) is 13.6 Å². The highest BCUT2D eigenvalue weighted by Crippen LogP contribution is 2.38. The first-order chi connectivity index (χ1) is 10.6. The molecule has 0 spiro atoms. The molecule has 1 aliphatic heterocycles. The molecule has 3 N–H and O–H groups in total. The first-order valence-corrected chi connectivity index (χ1v) is 6.74. The third-order valence-corrected chi connectivity index (χ3v) is 3.25. The van der Waals surface area contributed by atoms with Crippen molar-refractivity contribution in [2.75, 3.05) is 12.3 Å². The smallest absolute Gasteiger partial charge is 0.351 e. The van der Waals surface area contributed by atoms with Crippen LogP contribution in [0.4, 0.5) is 14.6 Å². The number of hydrogen-bond acceptors (Lipinski definition) is 5. The zero-order valence-corrected chi connectivity index (χ0v) is 12.5. The van der Waals surface area contributed by atoms with Gasteiger partial charge < -0.3 is 15.6 Å². The van der Waals surface area contributed by atoms with E-state index >= 15 is 0 Å². The summed E-state index contributed by atoms with van der Waals surface area (Å²) in [6, 6.07) is 0. The second kappa shape index (κ2) is 6.83. The van der Waals surface area contributed by atoms with Crippen molar-refractivity contribution in [1.29, 1.82) is 0 Å². The topological polar surface area (TPSA) is 90.4 Å². The predicted octanol–water partition coefficient (Wildman–Crippen LogP) is 1.13. The third kappa shape index (κ3) is 2.81. The van der Waals surface area contributed by atoms with Crippen molar-refractivity contribution in [1.82, 2.24) is 9.55 Å². The molecule has 2 atom stereocenters. The highest BCUT2D eigenvalue weighted by atomic mass is 79.9. The number of anilines is 1. The summed E-state index contributed by atoms with van der Waals surface area (Å²) in [4.78, 5) is 17.9. The molecule has 1 aliphatic rings. The Morgan fingerprint density at radius 1 is 1.50 bits per heavy atom. The molecule has 2 unspecified atom stereocenters. The summed E-state index contributed by atoms with van der Waals surface area (Å²) in [7, 11) is 0. The van der Waals surface area contributed by atoms with Crippen LogP contribution in [0, 0.1) is 10.8 Å². The molecule has 1 aromatic heterocycles. The van der Waals surface area contributed by atoms with Crippen molar-refractivity contribution in [3.8, 4) is 10.8 Å². The summed E-state index contributed by atoms with van der Waals surface area (Å²) in [6.07, 6.45) is -0.901. The molecule has 6 nitrogen and oxygen atoms in total. The lowest BCUT2D eigenvalue weighted by atomic mass is 10.1. The maximum absolute atomic E-state index is 13.1. The Balaban J connectivity index is 2.58. The van der Waals surface area contributed by atoms with Gasteiger partial charge in [0, 0.05) is 33.3 Å². The Bertz CT molecular complexity index is 764. The zero-order chi connectivity index (χ0) is 16.3. The molecule has 116 valence electrons. The van der Waals surface area contributed by atoms with Crippen LogP contribution in [0.25, 0.3) is 0 Å². The first-order valence-electron chi connectivity index (χ1n) is 5.94. The Labute approximate surface area is 132 Å². The first kappa shape index (κ1) is 16.4. The predicted molar refractivity (Wildman–Crippen MR) is 78.1 cm³/mol. The highest BCUT2D eigenvalue weighted by Gasteiger charge is 2.37. The number of ether oxygens (including phenoxy) is 1. The number of nitrogens with zero attached hydrogens (tertiary/aromatic N) is 2. The van der Waals surface area contributed by atoms with E-state index in [0.29, 0.717) is 0 Å². The maximum Gasteiger partial charge on any atom is 0.351 e. The molecule has 0 aromatic carbocycles. The van der Waals surface area contributed by atoms with Crippen LogP contribution >= 0.6 is 15.9 Å². The van der Waals surface area contributed by atoms with Crippen LogP contribution in [0.3, 0.4) is 0 Å². The summed E-state index contributed by atoms with van der Waals surface area (Å²) in [6.45, 7) is -0.575. The van der Waals surface area contributed by atoms with Gasteiger partial charge in [-0.05, 0) is 10.8 Å². The zero-order valence-electron chi connectivity index (χ0n) is 11.0. The minimum atomic E-state index is -1.28. The van der Waals surface area contributed by atoms with Crippen molar-refractivity contribution in [3.05, 3.63) is 46.1 Å². The SMILES string of the molecule is Nc1nc(=O)n(C2OC(CO)C(=C/F)/C2=C\F)cc1C#CBr. The van der Waals surface area contributed by atoms with E-state index in [9.17, 15) is 13.6 Å². The number of aliphatic hydroxyl groups excluding tert-OH is 1. The molecule has 22 heavy (non-hydrogen) atoms. The summed E-state index contributed by atoms with van der Waals surface area (Å²) < 4.78 is 32.3. The minimum absolute atomic E-state index is 0.100. The van der Waals surface area contributed by atoms with Gasteiger partial charge in [0.05, 0.1) is 24.8 Å². The molecule has 2 rings (SSSR count). The quantitative estimate of drug-likeness (QED) is 0.758. The average molecular weight is 374 g/mol. The molecule has 2 heterocycles. The highest BCUT2D eigenvalue weighted by molar-refractivity contribution is 9.12. The van der Waals surface area contributed by atoms with Crippen molar-refractivity contribution < 1.29 is 18.6 Å². The van der Waals surface area contributed by atoms with Crippen LogP contribution in [-0.4, -0.2) is 27.4 Å². The van der Waals surface area contributed by atoms with Gasteiger partial charge in [-0.2, -0.15) is 4.98 Å². The van der Waals surface area contributed by atoms with Crippen molar-refractivity contribution in [3.63, 3.8) is 0 Å². The molecule has 0 saturated carbocycles. The number of nitrogen functional groups attached to an aromatic ring is 1. The number of hydrogen-bond donors (Lipinski definition) is 2. The number of nitrogens with two attached hydrogens (primary N) is 1. The van der Waals surface area contributed by atoms with Gasteiger partial charge in [0.15, 0.2) is 6.23 Å². The number of aliphatic hydroxyl groups is 1. The Hall–Kier alpha value is -2.02. The van der Waals surface area contributed by atoms with Crippen molar-refractivity contribution >= 4 is 21.7 Å². The van der Waals surface area contributed by atoms with E-state index in [1.807, 2.05) is 0 Å². The largest absolute Gasteiger partial charge is 0.393 e. The van der Waals surface area contributed by atoms with Crippen molar-refractivity contribution in [2.24, 2.45) is 0 Å². The Morgan fingerprint density at radius 2 is 2.18 bits per heavy atom. The van der Waals surface area contributed by atoms with Gasteiger partial charge in [-0.3, -0.25) is 4.57 Å². The molecule has 0 amide bonds. The molecule has 0 radical (unpaired) electrons. The van der Waals surface area contributed by atoms with E-state index in [-0.39, 0.29) is 35.2 Å². The van der Waals surface area contributed by atoms with Gasteiger partial charge in [0.1, 0.15) is 11.9 Å². The van der Waals surface area contributed by atoms with E-state index in [4.69, 9.17) is 15.6 Å². The van der Waals surface area contributed by atoms with Crippen LogP contribution in [-0.2, 0) is 4.74 Å². The third-order valence-electron chi connectivity index (χ3n) is 3.06. The van der Waals surface area contributed by atoms with Gasteiger partial charge in [0.25, 0.3) is 0 Å². The molecular formula is C13H10BrF2N3O3. The van der Waals surface area contributed by atoms with Crippen LogP contribution in [0.5, 0.6) is 0 Å². The lowest BCUT2D eigenvalue weighted by Gasteiger charge is -2.15. The Kier molecular flexibility index (Phi) is 5.07.